The molecule has 0 saturated heterocycles. The standard InChI is InChI=1S/C35H31FN2O4/c1-24-34(31-14-7-8-15-33(31)42-23-26-10-5-4-6-11-26)32(17-16-25-12-9-13-28(36)18-25)35(39)38(37-24)22-27-19-29(40-2)21-30(20-27)41-3/h4-21H,22-23H2,1-3H3/b17-16+. The Morgan fingerprint density at radius 3 is 2.24 bits per heavy atom. The highest BCUT2D eigenvalue weighted by Crippen LogP contribution is 2.34. The molecule has 6 nitrogen and oxygen atoms in total. The van der Waals surface area contributed by atoms with Gasteiger partial charge in [0.15, 0.2) is 0 Å². The van der Waals surface area contributed by atoms with Gasteiger partial charge in [-0.25, -0.2) is 9.07 Å². The van der Waals surface area contributed by atoms with Gasteiger partial charge in [0.2, 0.25) is 0 Å². The molecule has 1 heterocycles. The lowest BCUT2D eigenvalue weighted by Gasteiger charge is -2.17. The van der Waals surface area contributed by atoms with Gasteiger partial charge in [0.05, 0.1) is 32.0 Å². The zero-order valence-electron chi connectivity index (χ0n) is 23.7. The molecule has 42 heavy (non-hydrogen) atoms. The number of aryl methyl sites for hydroxylation is 1. The van der Waals surface area contributed by atoms with Crippen LogP contribution in [-0.4, -0.2) is 24.0 Å². The lowest BCUT2D eigenvalue weighted by molar-refractivity contribution is 0.307. The molecule has 4 aromatic carbocycles. The SMILES string of the molecule is COc1cc(Cn2nc(C)c(-c3ccccc3OCc3ccccc3)c(/C=C/c3cccc(F)c3)c2=O)cc(OC)c1. The minimum Gasteiger partial charge on any atom is -0.497 e. The number of nitrogens with zero attached hydrogens (tertiary/aromatic N) is 2. The van der Waals surface area contributed by atoms with Crippen molar-refractivity contribution in [2.24, 2.45) is 0 Å². The monoisotopic (exact) mass is 562 g/mol. The number of ether oxygens (including phenoxy) is 3. The minimum atomic E-state index is -0.354. The maximum atomic E-state index is 14.1. The molecule has 0 amide bonds. The second kappa shape index (κ2) is 13.0. The first-order valence-electron chi connectivity index (χ1n) is 13.5. The molecule has 0 aliphatic carbocycles. The molecule has 7 heteroatoms. The summed E-state index contributed by atoms with van der Waals surface area (Å²) in [5, 5.41) is 4.72. The molecule has 212 valence electrons. The van der Waals surface area contributed by atoms with E-state index in [1.165, 1.54) is 16.8 Å². The summed E-state index contributed by atoms with van der Waals surface area (Å²) < 4.78 is 32.4. The first-order valence-corrected chi connectivity index (χ1v) is 13.5. The second-order valence-electron chi connectivity index (χ2n) is 9.72. The van der Waals surface area contributed by atoms with Crippen LogP contribution in [0.25, 0.3) is 23.3 Å². The van der Waals surface area contributed by atoms with Crippen molar-refractivity contribution in [3.8, 4) is 28.4 Å². The molecule has 0 unspecified atom stereocenters. The van der Waals surface area contributed by atoms with Crippen molar-refractivity contribution < 1.29 is 18.6 Å². The van der Waals surface area contributed by atoms with E-state index in [-0.39, 0.29) is 17.9 Å². The van der Waals surface area contributed by atoms with Crippen LogP contribution < -0.4 is 19.8 Å². The first-order chi connectivity index (χ1) is 20.4. The van der Waals surface area contributed by atoms with Crippen molar-refractivity contribution in [1.29, 1.82) is 0 Å². The number of benzene rings is 4. The van der Waals surface area contributed by atoms with Gasteiger partial charge in [0.1, 0.15) is 29.7 Å². The van der Waals surface area contributed by atoms with E-state index in [9.17, 15) is 9.18 Å². The van der Waals surface area contributed by atoms with Crippen molar-refractivity contribution in [1.82, 2.24) is 9.78 Å². The fourth-order valence-electron chi connectivity index (χ4n) is 4.77. The summed E-state index contributed by atoms with van der Waals surface area (Å²) in [6, 6.07) is 29.2. The van der Waals surface area contributed by atoms with Gasteiger partial charge in [-0.3, -0.25) is 4.79 Å². The lowest BCUT2D eigenvalue weighted by atomic mass is 9.97. The minimum absolute atomic E-state index is 0.195. The smallest absolute Gasteiger partial charge is 0.274 e. The number of methoxy groups -OCH3 is 2. The van der Waals surface area contributed by atoms with Crippen molar-refractivity contribution in [2.75, 3.05) is 14.2 Å². The topological polar surface area (TPSA) is 62.6 Å². The third-order valence-electron chi connectivity index (χ3n) is 6.79. The fraction of sp³-hybridized carbons (Fsp3) is 0.143. The average molecular weight is 563 g/mol. The summed E-state index contributed by atoms with van der Waals surface area (Å²) in [7, 11) is 3.16. The Kier molecular flexibility index (Phi) is 8.78. The molecule has 0 N–H and O–H groups in total. The maximum absolute atomic E-state index is 14.1. The molecular formula is C35H31FN2O4. The van der Waals surface area contributed by atoms with Crippen LogP contribution in [0.2, 0.25) is 0 Å². The van der Waals surface area contributed by atoms with Crippen LogP contribution in [0.3, 0.4) is 0 Å². The first kappa shape index (κ1) is 28.4. The van der Waals surface area contributed by atoms with E-state index in [0.29, 0.717) is 46.2 Å². The highest BCUT2D eigenvalue weighted by atomic mass is 19.1. The van der Waals surface area contributed by atoms with E-state index in [2.05, 4.69) is 0 Å². The molecule has 0 spiro atoms. The lowest BCUT2D eigenvalue weighted by Crippen LogP contribution is -2.27. The van der Waals surface area contributed by atoms with Crippen molar-refractivity contribution in [3.05, 3.63) is 141 Å². The molecule has 0 saturated carbocycles. The van der Waals surface area contributed by atoms with Gasteiger partial charge in [0, 0.05) is 17.2 Å². The Labute approximate surface area is 244 Å². The van der Waals surface area contributed by atoms with Gasteiger partial charge in [0.25, 0.3) is 5.56 Å². The quantitative estimate of drug-likeness (QED) is 0.181. The molecule has 5 rings (SSSR count). The van der Waals surface area contributed by atoms with E-state index in [0.717, 1.165) is 16.7 Å². The highest BCUT2D eigenvalue weighted by molar-refractivity contribution is 5.84. The van der Waals surface area contributed by atoms with E-state index in [1.807, 2.05) is 73.7 Å². The van der Waals surface area contributed by atoms with Crippen LogP contribution in [0.1, 0.15) is 27.9 Å². The molecular weight excluding hydrogens is 531 g/mol. The Hall–Kier alpha value is -5.17. The van der Waals surface area contributed by atoms with Gasteiger partial charge >= 0.3 is 0 Å². The van der Waals surface area contributed by atoms with E-state index in [1.54, 1.807) is 44.6 Å². The Morgan fingerprint density at radius 1 is 0.810 bits per heavy atom. The summed E-state index contributed by atoms with van der Waals surface area (Å²) in [5.41, 5.74) is 4.59. The van der Waals surface area contributed by atoms with Crippen molar-refractivity contribution >= 4 is 12.2 Å². The van der Waals surface area contributed by atoms with Gasteiger partial charge < -0.3 is 14.2 Å². The number of halogens is 1. The number of hydrogen-bond acceptors (Lipinski definition) is 5. The molecule has 0 radical (unpaired) electrons. The third kappa shape index (κ3) is 6.58. The molecule has 0 fully saturated rings. The molecule has 0 atom stereocenters. The van der Waals surface area contributed by atoms with E-state index >= 15 is 0 Å². The summed E-state index contributed by atoms with van der Waals surface area (Å²) in [6.45, 7) is 2.43. The zero-order valence-corrected chi connectivity index (χ0v) is 23.7. The summed E-state index contributed by atoms with van der Waals surface area (Å²) in [4.78, 5) is 14.1. The van der Waals surface area contributed by atoms with Crippen molar-refractivity contribution in [3.63, 3.8) is 0 Å². The number of aromatic nitrogens is 2. The molecule has 0 aliphatic heterocycles. The zero-order chi connectivity index (χ0) is 29.5. The van der Waals surface area contributed by atoms with Crippen molar-refractivity contribution in [2.45, 2.75) is 20.1 Å². The summed E-state index contributed by atoms with van der Waals surface area (Å²) in [5.74, 6) is 1.50. The number of rotatable bonds is 10. The highest BCUT2D eigenvalue weighted by Gasteiger charge is 2.19. The normalized spacial score (nSPS) is 11.0. The average Bonchev–Trinajstić information content (AvgIpc) is 3.01. The Morgan fingerprint density at radius 2 is 1.52 bits per heavy atom. The van der Waals surface area contributed by atoms with Crippen LogP contribution in [0.15, 0.2) is 102 Å². The number of para-hydroxylation sites is 1. The predicted octanol–water partition coefficient (Wildman–Crippen LogP) is 7.17. The van der Waals surface area contributed by atoms with Crippen LogP contribution >= 0.6 is 0 Å². The van der Waals surface area contributed by atoms with Gasteiger partial charge in [-0.1, -0.05) is 66.7 Å². The van der Waals surface area contributed by atoms with E-state index < -0.39 is 0 Å². The second-order valence-corrected chi connectivity index (χ2v) is 9.72. The Bertz CT molecular complexity index is 1760. The predicted molar refractivity (Wildman–Crippen MR) is 163 cm³/mol. The molecule has 1 aromatic heterocycles. The third-order valence-corrected chi connectivity index (χ3v) is 6.79. The summed E-state index contributed by atoms with van der Waals surface area (Å²) >= 11 is 0. The molecule has 0 aliphatic rings. The van der Waals surface area contributed by atoms with Gasteiger partial charge in [-0.05, 0) is 60.0 Å². The van der Waals surface area contributed by atoms with Crippen LogP contribution in [-0.2, 0) is 13.2 Å². The molecule has 5 aromatic rings. The van der Waals surface area contributed by atoms with Crippen LogP contribution in [0.5, 0.6) is 17.2 Å². The van der Waals surface area contributed by atoms with E-state index in [4.69, 9.17) is 19.3 Å². The Balaban J connectivity index is 1.62. The van der Waals surface area contributed by atoms with Gasteiger partial charge in [-0.15, -0.1) is 0 Å². The van der Waals surface area contributed by atoms with Crippen LogP contribution in [0.4, 0.5) is 4.39 Å². The number of hydrogen-bond donors (Lipinski definition) is 0. The fourth-order valence-corrected chi connectivity index (χ4v) is 4.77. The maximum Gasteiger partial charge on any atom is 0.274 e. The summed E-state index contributed by atoms with van der Waals surface area (Å²) in [6.07, 6.45) is 3.45. The van der Waals surface area contributed by atoms with Crippen LogP contribution in [0, 0.1) is 12.7 Å². The van der Waals surface area contributed by atoms with Gasteiger partial charge in [-0.2, -0.15) is 5.10 Å². The largest absolute Gasteiger partial charge is 0.497 e. The molecule has 0 bridgehead atoms.